The maximum Gasteiger partial charge on any atom is 0.256 e. The number of carbonyl (C=O) groups excluding carboxylic acids is 1. The van der Waals surface area contributed by atoms with Gasteiger partial charge in [0.1, 0.15) is 0 Å². The summed E-state index contributed by atoms with van der Waals surface area (Å²) in [4.78, 5) is 21.7. The number of hydrogen-bond donors (Lipinski definition) is 0. The molecule has 1 atom stereocenters. The van der Waals surface area contributed by atoms with Crippen LogP contribution in [0.2, 0.25) is 0 Å². The lowest BCUT2D eigenvalue weighted by molar-refractivity contribution is 0.0665. The number of rotatable bonds is 3. The molecule has 1 unspecified atom stereocenters. The largest absolute Gasteiger partial charge is 0.350 e. The first-order chi connectivity index (χ1) is 13.6. The molecular weight excluding hydrogens is 386 g/mol. The van der Waals surface area contributed by atoms with Crippen LogP contribution in [0.3, 0.4) is 0 Å². The van der Waals surface area contributed by atoms with Crippen molar-refractivity contribution in [1.29, 1.82) is 0 Å². The van der Waals surface area contributed by atoms with Gasteiger partial charge in [0.25, 0.3) is 5.91 Å². The van der Waals surface area contributed by atoms with E-state index in [1.165, 1.54) is 10.4 Å². The van der Waals surface area contributed by atoms with Crippen LogP contribution in [0.1, 0.15) is 37.5 Å². The number of nitrogens with zero attached hydrogens (tertiary/aromatic N) is 3. The average molecular weight is 408 g/mol. The molecule has 4 heterocycles. The van der Waals surface area contributed by atoms with Gasteiger partial charge < -0.3 is 9.47 Å². The quantitative estimate of drug-likeness (QED) is 0.480. The molecule has 1 amide bonds. The fourth-order valence-electron chi connectivity index (χ4n) is 4.20. The number of amides is 1. The summed E-state index contributed by atoms with van der Waals surface area (Å²) in [5.41, 5.74) is 4.33. The predicted octanol–water partition coefficient (Wildman–Crippen LogP) is 4.99. The molecule has 0 radical (unpaired) electrons. The van der Waals surface area contributed by atoms with E-state index in [9.17, 15) is 4.79 Å². The van der Waals surface area contributed by atoms with Gasteiger partial charge in [-0.2, -0.15) is 0 Å². The van der Waals surface area contributed by atoms with Gasteiger partial charge in [0.2, 0.25) is 0 Å². The number of hydrogen-bond acceptors (Lipinski definition) is 4. The molecule has 4 aromatic rings. The highest BCUT2D eigenvalue weighted by Crippen LogP contribution is 2.38. The van der Waals surface area contributed by atoms with Gasteiger partial charge in [0, 0.05) is 47.4 Å². The lowest BCUT2D eigenvalue weighted by atomic mass is 9.97. The number of aromatic nitrogens is 2. The average Bonchev–Trinajstić information content (AvgIpc) is 3.41. The third kappa shape index (κ3) is 2.88. The Bertz CT molecular complexity index is 1170. The van der Waals surface area contributed by atoms with Crippen LogP contribution >= 0.6 is 22.7 Å². The van der Waals surface area contributed by atoms with Crippen molar-refractivity contribution in [2.75, 3.05) is 6.54 Å². The van der Waals surface area contributed by atoms with Gasteiger partial charge >= 0.3 is 0 Å². The number of benzene rings is 1. The molecule has 0 saturated heterocycles. The summed E-state index contributed by atoms with van der Waals surface area (Å²) in [5, 5.41) is 6.37. The third-order valence-electron chi connectivity index (χ3n) is 5.54. The Morgan fingerprint density at radius 2 is 2.11 bits per heavy atom. The first-order valence-electron chi connectivity index (χ1n) is 9.44. The Labute approximate surface area is 172 Å². The third-order valence-corrected chi connectivity index (χ3v) is 7.42. The van der Waals surface area contributed by atoms with Crippen molar-refractivity contribution < 1.29 is 4.79 Å². The fraction of sp³-hybridized carbons (Fsp3) is 0.273. The van der Waals surface area contributed by atoms with Gasteiger partial charge in [-0.15, -0.1) is 22.7 Å². The second kappa shape index (κ2) is 6.87. The van der Waals surface area contributed by atoms with Crippen LogP contribution in [0.5, 0.6) is 0 Å². The monoisotopic (exact) mass is 407 g/mol. The first kappa shape index (κ1) is 17.6. The lowest BCUT2D eigenvalue weighted by Crippen LogP contribution is -2.40. The summed E-state index contributed by atoms with van der Waals surface area (Å²) < 4.78 is 2.04. The first-order valence-corrected chi connectivity index (χ1v) is 11.2. The molecule has 0 spiro atoms. The minimum absolute atomic E-state index is 0.0525. The normalized spacial score (nSPS) is 16.5. The number of fused-ring (bicyclic) bond motifs is 2. The zero-order valence-electron chi connectivity index (χ0n) is 15.9. The van der Waals surface area contributed by atoms with Crippen LogP contribution in [-0.4, -0.2) is 26.9 Å². The van der Waals surface area contributed by atoms with Crippen LogP contribution < -0.4 is 0 Å². The summed E-state index contributed by atoms with van der Waals surface area (Å²) in [6.45, 7) is 2.78. The molecule has 0 N–H and O–H groups in total. The van der Waals surface area contributed by atoms with E-state index in [4.69, 9.17) is 0 Å². The lowest BCUT2D eigenvalue weighted by Gasteiger charge is -2.35. The minimum Gasteiger partial charge on any atom is -0.350 e. The molecular formula is C22H21N3OS2. The Morgan fingerprint density at radius 3 is 2.93 bits per heavy atom. The molecule has 1 aliphatic rings. The van der Waals surface area contributed by atoms with Crippen LogP contribution in [0.25, 0.3) is 10.9 Å². The number of para-hydroxylation sites is 1. The number of aryl methyl sites for hydroxylation is 2. The summed E-state index contributed by atoms with van der Waals surface area (Å²) in [7, 11) is 2.00. The van der Waals surface area contributed by atoms with Crippen molar-refractivity contribution in [1.82, 2.24) is 14.5 Å². The maximum absolute atomic E-state index is 13.7. The van der Waals surface area contributed by atoms with E-state index < -0.39 is 0 Å². The smallest absolute Gasteiger partial charge is 0.256 e. The molecule has 0 saturated carbocycles. The van der Waals surface area contributed by atoms with E-state index in [2.05, 4.69) is 32.8 Å². The van der Waals surface area contributed by atoms with Crippen LogP contribution in [0.4, 0.5) is 0 Å². The summed E-state index contributed by atoms with van der Waals surface area (Å²) in [5.74, 6) is 0.118. The molecule has 28 heavy (non-hydrogen) atoms. The Morgan fingerprint density at radius 1 is 1.25 bits per heavy atom. The molecule has 0 fully saturated rings. The minimum atomic E-state index is 0.0525. The molecule has 0 aliphatic carbocycles. The summed E-state index contributed by atoms with van der Waals surface area (Å²) in [6, 6.07) is 10.4. The number of thiophene rings is 1. The highest BCUT2D eigenvalue weighted by atomic mass is 32.1. The van der Waals surface area contributed by atoms with E-state index in [1.807, 2.05) is 42.9 Å². The van der Waals surface area contributed by atoms with Crippen molar-refractivity contribution >= 4 is 39.5 Å². The second-order valence-corrected chi connectivity index (χ2v) is 9.32. The molecule has 3 aromatic heterocycles. The molecule has 0 bridgehead atoms. The number of carbonyl (C=O) groups is 1. The van der Waals surface area contributed by atoms with E-state index in [-0.39, 0.29) is 11.9 Å². The Kier molecular flexibility index (Phi) is 4.33. The van der Waals surface area contributed by atoms with Crippen molar-refractivity contribution in [3.05, 3.63) is 74.0 Å². The predicted molar refractivity (Wildman–Crippen MR) is 115 cm³/mol. The van der Waals surface area contributed by atoms with Gasteiger partial charge in [-0.25, -0.2) is 4.98 Å². The van der Waals surface area contributed by atoms with Crippen LogP contribution in [-0.2, 0) is 19.9 Å². The van der Waals surface area contributed by atoms with Crippen molar-refractivity contribution in [3.8, 4) is 0 Å². The Balaban J connectivity index is 1.56. The van der Waals surface area contributed by atoms with Crippen molar-refractivity contribution in [2.24, 2.45) is 7.05 Å². The molecule has 142 valence electrons. The van der Waals surface area contributed by atoms with Crippen molar-refractivity contribution in [2.45, 2.75) is 25.8 Å². The second-order valence-electron chi connectivity index (χ2n) is 7.31. The standard InChI is InChI=1S/C22H21N3OS2/c1-14-23-16(13-28-14)11-20-21-15(8-10-27-21)7-9-25(20)22(26)18-12-24(2)19-6-4-3-5-17(18)19/h3-6,8,10,12-13,20H,7,9,11H2,1-2H3. The zero-order chi connectivity index (χ0) is 19.3. The molecule has 6 heteroatoms. The highest BCUT2D eigenvalue weighted by Gasteiger charge is 2.34. The van der Waals surface area contributed by atoms with Gasteiger partial charge in [-0.1, -0.05) is 18.2 Å². The SMILES string of the molecule is Cc1nc(CC2c3sccc3CCN2C(=O)c2cn(C)c3ccccc23)cs1. The van der Waals surface area contributed by atoms with Gasteiger partial charge in [-0.05, 0) is 36.4 Å². The molecule has 1 aliphatic heterocycles. The number of thiazole rings is 1. The van der Waals surface area contributed by atoms with Gasteiger partial charge in [0.05, 0.1) is 22.3 Å². The van der Waals surface area contributed by atoms with E-state index in [0.29, 0.717) is 0 Å². The van der Waals surface area contributed by atoms with Gasteiger partial charge in [-0.3, -0.25) is 4.79 Å². The highest BCUT2D eigenvalue weighted by molar-refractivity contribution is 7.10. The molecule has 1 aromatic carbocycles. The van der Waals surface area contributed by atoms with Crippen LogP contribution in [0, 0.1) is 6.92 Å². The van der Waals surface area contributed by atoms with Crippen LogP contribution in [0.15, 0.2) is 47.3 Å². The fourth-order valence-corrected chi connectivity index (χ4v) is 5.89. The van der Waals surface area contributed by atoms with E-state index >= 15 is 0 Å². The molecule has 5 rings (SSSR count). The molecule has 4 nitrogen and oxygen atoms in total. The Hall–Kier alpha value is -2.44. The summed E-state index contributed by atoms with van der Waals surface area (Å²) in [6.07, 6.45) is 3.66. The maximum atomic E-state index is 13.7. The van der Waals surface area contributed by atoms with E-state index in [0.717, 1.165) is 46.6 Å². The zero-order valence-corrected chi connectivity index (χ0v) is 17.5. The van der Waals surface area contributed by atoms with Gasteiger partial charge in [0.15, 0.2) is 0 Å². The van der Waals surface area contributed by atoms with E-state index in [1.54, 1.807) is 22.7 Å². The topological polar surface area (TPSA) is 38.1 Å². The van der Waals surface area contributed by atoms with Crippen molar-refractivity contribution in [3.63, 3.8) is 0 Å². The summed E-state index contributed by atoms with van der Waals surface area (Å²) >= 11 is 3.43.